The van der Waals surface area contributed by atoms with Gasteiger partial charge in [0.15, 0.2) is 0 Å². The fourth-order valence-electron chi connectivity index (χ4n) is 2.28. The summed E-state index contributed by atoms with van der Waals surface area (Å²) in [6.07, 6.45) is 2.95. The van der Waals surface area contributed by atoms with Crippen LogP contribution in [-0.2, 0) is 0 Å². The second-order valence-corrected chi connectivity index (χ2v) is 6.39. The number of aliphatic hydroxyl groups excluding tert-OH is 1. The van der Waals surface area contributed by atoms with Crippen molar-refractivity contribution < 1.29 is 19.5 Å². The Morgan fingerprint density at radius 3 is 2.79 bits per heavy atom. The Morgan fingerprint density at radius 2 is 2.12 bits per heavy atom. The van der Waals surface area contributed by atoms with E-state index in [1.165, 1.54) is 24.9 Å². The Kier molecular flexibility index (Phi) is 6.29. The fraction of sp³-hybridized carbons (Fsp3) is 0.467. The number of unbranched alkanes of at least 4 members (excludes halogenated alkanes) is 1. The number of hydrogen-bond acceptors (Lipinski definition) is 7. The molecule has 0 saturated heterocycles. The minimum absolute atomic E-state index is 0.00851. The van der Waals surface area contributed by atoms with Gasteiger partial charge in [0.25, 0.3) is 5.91 Å². The van der Waals surface area contributed by atoms with E-state index in [2.05, 4.69) is 20.8 Å². The predicted octanol–water partition coefficient (Wildman–Crippen LogP) is 0.474. The van der Waals surface area contributed by atoms with Crippen LogP contribution in [0, 0.1) is 0 Å². The largest absolute Gasteiger partial charge is 0.379 e. The maximum atomic E-state index is 12.6. The highest BCUT2D eigenvalue weighted by molar-refractivity contribution is 8.04. The third-order valence-corrected chi connectivity index (χ3v) is 4.74. The molecule has 24 heavy (non-hydrogen) atoms. The van der Waals surface area contributed by atoms with Crippen LogP contribution in [-0.4, -0.2) is 58.9 Å². The molecule has 1 heterocycles. The van der Waals surface area contributed by atoms with Gasteiger partial charge in [-0.3, -0.25) is 24.8 Å². The highest BCUT2D eigenvalue weighted by Crippen LogP contribution is 2.30. The van der Waals surface area contributed by atoms with Crippen molar-refractivity contribution in [1.29, 1.82) is 0 Å². The third kappa shape index (κ3) is 3.92. The second-order valence-electron chi connectivity index (χ2n) is 5.25. The monoisotopic (exact) mass is 352 g/mol. The van der Waals surface area contributed by atoms with Crippen LogP contribution in [0.1, 0.15) is 50.6 Å². The number of aromatic nitrogens is 2. The molecule has 4 N–H and O–H groups in total. The van der Waals surface area contributed by atoms with Crippen molar-refractivity contribution in [3.05, 3.63) is 27.9 Å². The lowest BCUT2D eigenvalue weighted by atomic mass is 9.99. The molecule has 1 aliphatic rings. The summed E-state index contributed by atoms with van der Waals surface area (Å²) in [5, 5.41) is 20.8. The Morgan fingerprint density at radius 1 is 1.38 bits per heavy atom. The number of Topliss-reactive ketones (excluding diaryl/α,β-unsaturated/α-hetero) is 1. The molecule has 1 atom stereocenters. The van der Waals surface area contributed by atoms with Crippen LogP contribution in [0.15, 0.2) is 11.0 Å². The summed E-state index contributed by atoms with van der Waals surface area (Å²) in [6.45, 7) is 0. The number of nitrogens with zero attached hydrogens (tertiary/aromatic N) is 1. The summed E-state index contributed by atoms with van der Waals surface area (Å²) in [6, 6.07) is 0. The number of aromatic amines is 1. The maximum absolute atomic E-state index is 12.6. The van der Waals surface area contributed by atoms with Crippen LogP contribution in [0.3, 0.4) is 0 Å². The standard InChI is InChI=1S/C15H20N4O4S/c1-16-10(21)5-3-4-6-24-9-7-8(20)12-11(14(9)22)13(19-18-12)15(23)17-2/h7,10,16,21H,3-6H2,1-2H3,(H,17,23)(H,18,19). The smallest absolute Gasteiger partial charge is 0.269 e. The molecule has 1 aromatic heterocycles. The molecule has 1 unspecified atom stereocenters. The summed E-state index contributed by atoms with van der Waals surface area (Å²) in [5.74, 6) is -0.595. The molecule has 0 aliphatic heterocycles. The lowest BCUT2D eigenvalue weighted by Crippen LogP contribution is -2.24. The minimum Gasteiger partial charge on any atom is -0.379 e. The van der Waals surface area contributed by atoms with Crippen LogP contribution in [0.25, 0.3) is 0 Å². The molecule has 0 fully saturated rings. The van der Waals surface area contributed by atoms with Crippen molar-refractivity contribution in [3.63, 3.8) is 0 Å². The Bertz CT molecular complexity index is 683. The molecule has 0 aromatic carbocycles. The summed E-state index contributed by atoms with van der Waals surface area (Å²) >= 11 is 1.28. The van der Waals surface area contributed by atoms with Gasteiger partial charge in [-0.05, 0) is 32.1 Å². The van der Waals surface area contributed by atoms with Gasteiger partial charge in [-0.1, -0.05) is 0 Å². The molecule has 0 bridgehead atoms. The number of ketones is 2. The maximum Gasteiger partial charge on any atom is 0.269 e. The van der Waals surface area contributed by atoms with Crippen molar-refractivity contribution in [3.8, 4) is 0 Å². The number of thioether (sulfide) groups is 1. The van der Waals surface area contributed by atoms with Crippen molar-refractivity contribution >= 4 is 29.2 Å². The number of carbonyl (C=O) groups is 3. The Balaban J connectivity index is 2.01. The fourth-order valence-corrected chi connectivity index (χ4v) is 3.27. The van der Waals surface area contributed by atoms with Crippen molar-refractivity contribution in [2.24, 2.45) is 0 Å². The number of hydrogen-bond donors (Lipinski definition) is 4. The van der Waals surface area contributed by atoms with Crippen molar-refractivity contribution in [2.75, 3.05) is 19.8 Å². The van der Waals surface area contributed by atoms with E-state index >= 15 is 0 Å². The lowest BCUT2D eigenvalue weighted by Gasteiger charge is -2.12. The normalized spacial score (nSPS) is 15.0. The Labute approximate surface area is 143 Å². The molecular formula is C15H20N4O4S. The number of fused-ring (bicyclic) bond motifs is 1. The molecule has 8 nitrogen and oxygen atoms in total. The number of rotatable bonds is 8. The zero-order valence-corrected chi connectivity index (χ0v) is 14.3. The molecule has 2 rings (SSSR count). The van der Waals surface area contributed by atoms with E-state index in [4.69, 9.17) is 0 Å². The van der Waals surface area contributed by atoms with E-state index in [1.54, 1.807) is 7.05 Å². The first-order valence-electron chi connectivity index (χ1n) is 7.58. The van der Waals surface area contributed by atoms with Crippen molar-refractivity contribution in [2.45, 2.75) is 25.5 Å². The molecule has 1 aromatic rings. The first kappa shape index (κ1) is 18.4. The highest BCUT2D eigenvalue weighted by Gasteiger charge is 2.33. The van der Waals surface area contributed by atoms with Gasteiger partial charge >= 0.3 is 0 Å². The van der Waals surface area contributed by atoms with E-state index in [-0.39, 0.29) is 28.5 Å². The molecule has 0 saturated carbocycles. The first-order valence-corrected chi connectivity index (χ1v) is 8.57. The topological polar surface area (TPSA) is 124 Å². The zero-order valence-electron chi connectivity index (χ0n) is 13.5. The van der Waals surface area contributed by atoms with Gasteiger partial charge in [0.2, 0.25) is 11.6 Å². The number of aliphatic hydroxyl groups is 1. The van der Waals surface area contributed by atoms with Gasteiger partial charge in [0, 0.05) is 13.1 Å². The third-order valence-electron chi connectivity index (χ3n) is 3.63. The van der Waals surface area contributed by atoms with E-state index < -0.39 is 12.1 Å². The number of nitrogens with one attached hydrogen (secondary N) is 3. The van der Waals surface area contributed by atoms with Crippen LogP contribution >= 0.6 is 11.8 Å². The van der Waals surface area contributed by atoms with Crippen molar-refractivity contribution in [1.82, 2.24) is 20.8 Å². The number of allylic oxidation sites excluding steroid dienone is 2. The van der Waals surface area contributed by atoms with Crippen LogP contribution in [0.2, 0.25) is 0 Å². The van der Waals surface area contributed by atoms with E-state index in [0.717, 1.165) is 12.8 Å². The van der Waals surface area contributed by atoms with Crippen LogP contribution in [0.5, 0.6) is 0 Å². The van der Waals surface area contributed by atoms with Crippen LogP contribution in [0.4, 0.5) is 0 Å². The second kappa shape index (κ2) is 8.22. The van der Waals surface area contributed by atoms with Gasteiger partial charge in [-0.2, -0.15) is 5.10 Å². The SMILES string of the molecule is CNC(=O)c1[nH]nc2c1C(=O)C(SCCCCC(O)NC)=CC2=O. The average molecular weight is 352 g/mol. The lowest BCUT2D eigenvalue weighted by molar-refractivity contribution is 0.0945. The predicted molar refractivity (Wildman–Crippen MR) is 90.1 cm³/mol. The molecule has 0 spiro atoms. The highest BCUT2D eigenvalue weighted by atomic mass is 32.2. The van der Waals surface area contributed by atoms with Gasteiger partial charge in [-0.25, -0.2) is 0 Å². The summed E-state index contributed by atoms with van der Waals surface area (Å²) in [5.41, 5.74) is 0.0317. The number of H-pyrrole nitrogens is 1. The summed E-state index contributed by atoms with van der Waals surface area (Å²) < 4.78 is 0. The van der Waals surface area contributed by atoms with E-state index in [0.29, 0.717) is 17.1 Å². The van der Waals surface area contributed by atoms with Gasteiger partial charge < -0.3 is 10.4 Å². The first-order chi connectivity index (χ1) is 11.5. The number of carbonyl (C=O) groups excluding carboxylic acids is 3. The van der Waals surface area contributed by atoms with E-state index in [1.807, 2.05) is 0 Å². The van der Waals surface area contributed by atoms with E-state index in [9.17, 15) is 19.5 Å². The van der Waals surface area contributed by atoms with Gasteiger partial charge in [0.1, 0.15) is 17.6 Å². The molecule has 9 heteroatoms. The number of amides is 1. The molecule has 0 radical (unpaired) electrons. The van der Waals surface area contributed by atoms with Gasteiger partial charge in [-0.15, -0.1) is 11.8 Å². The molecule has 1 amide bonds. The summed E-state index contributed by atoms with van der Waals surface area (Å²) in [4.78, 5) is 36.7. The minimum atomic E-state index is -0.532. The molecule has 130 valence electrons. The Hall–Kier alpha value is -1.97. The average Bonchev–Trinajstić information content (AvgIpc) is 3.03. The zero-order chi connectivity index (χ0) is 17.7. The molecule has 1 aliphatic carbocycles. The molecular weight excluding hydrogens is 332 g/mol. The summed E-state index contributed by atoms with van der Waals surface area (Å²) in [7, 11) is 3.12. The quantitative estimate of drug-likeness (QED) is 0.396. The van der Waals surface area contributed by atoms with Crippen LogP contribution < -0.4 is 10.6 Å². The van der Waals surface area contributed by atoms with Gasteiger partial charge in [0.05, 0.1) is 10.5 Å².